The monoisotopic (exact) mass is 846 g/mol. The molecule has 3 heterocycles. The highest BCUT2D eigenvalue weighted by atomic mass is 19.4. The van der Waals surface area contributed by atoms with Crippen LogP contribution in [0.2, 0.25) is 0 Å². The minimum absolute atomic E-state index is 0.0339. The average molecular weight is 847 g/mol. The smallest absolute Gasteiger partial charge is 0.481 e. The molecule has 1 aromatic carbocycles. The summed E-state index contributed by atoms with van der Waals surface area (Å²) in [7, 11) is 2.15. The molecular weight excluding hydrogens is 807 g/mol. The zero-order valence-corrected chi connectivity index (χ0v) is 30.5. The van der Waals surface area contributed by atoms with Gasteiger partial charge in [-0.2, -0.15) is 44.5 Å². The van der Waals surface area contributed by atoms with Crippen LogP contribution < -0.4 is 10.9 Å². The van der Waals surface area contributed by atoms with Crippen molar-refractivity contribution < 1.29 is 79.1 Å². The van der Waals surface area contributed by atoms with Crippen molar-refractivity contribution in [2.24, 2.45) is 11.8 Å². The van der Waals surface area contributed by atoms with Gasteiger partial charge in [-0.15, -0.1) is 0 Å². The number of hydrogen-bond acceptors (Lipinski definition) is 10. The molecule has 1 aliphatic heterocycles. The van der Waals surface area contributed by atoms with E-state index in [1.807, 2.05) is 16.8 Å². The second kappa shape index (κ2) is 19.5. The molecule has 24 heteroatoms. The lowest BCUT2D eigenvalue weighted by molar-refractivity contribution is -0.193. The van der Waals surface area contributed by atoms with Crippen LogP contribution in [0.4, 0.5) is 45.5 Å². The highest BCUT2D eigenvalue weighted by molar-refractivity contribution is 6.04. The molecule has 0 amide bonds. The van der Waals surface area contributed by atoms with E-state index in [1.165, 1.54) is 12.8 Å². The van der Waals surface area contributed by atoms with Gasteiger partial charge in [0.2, 0.25) is 5.95 Å². The highest BCUT2D eigenvalue weighted by Crippen LogP contribution is 2.35. The van der Waals surface area contributed by atoms with Crippen LogP contribution in [0.5, 0.6) is 0 Å². The third-order valence-electron chi connectivity index (χ3n) is 9.21. The first kappa shape index (κ1) is 47.1. The van der Waals surface area contributed by atoms with E-state index >= 15 is 0 Å². The van der Waals surface area contributed by atoms with E-state index in [9.17, 15) is 54.2 Å². The van der Waals surface area contributed by atoms with E-state index in [0.717, 1.165) is 55.6 Å². The molecule has 3 aromatic rings. The Labute approximate surface area is 322 Å². The maximum Gasteiger partial charge on any atom is 0.490 e. The molecule has 15 nitrogen and oxygen atoms in total. The summed E-state index contributed by atoms with van der Waals surface area (Å²) in [5, 5.41) is 36.7. The van der Waals surface area contributed by atoms with Crippen molar-refractivity contribution in [1.82, 2.24) is 24.3 Å². The predicted octanol–water partition coefficient (Wildman–Crippen LogP) is 5.23. The summed E-state index contributed by atoms with van der Waals surface area (Å²) in [5.74, 6) is -8.11. The van der Waals surface area contributed by atoms with Gasteiger partial charge < -0.3 is 30.6 Å². The standard InChI is InChI=1S/C28H36N6O3.3C2HF3O2/c1-32-10-12-33(13-11-32)17-19-4-9-22-23(14-19)26(35)34(21-7-5-20(6-8-21)27(36)37)25-24(22)16-30-28(31-25)29-15-18-2-3-18;3*3-2(4,5)1(6)7/h4,9,14,16,18,20-21H,2-3,5-8,10-13,15,17H2,1H3,(H,36,37)(H,29,30,31);3*(H,6,7)/t20-,21-;;;. The Morgan fingerprint density at radius 1 is 0.741 bits per heavy atom. The SMILES string of the molecule is CN1CCN(Cc2ccc3c(c2)c(=O)n([C@H]2CC[C@H](C(=O)O)CC2)c2nc(NCC4CC4)ncc32)CC1.O=C(O)C(F)(F)F.O=C(O)C(F)(F)F.O=C(O)C(F)(F)F. The fraction of sp³-hybridized carbons (Fsp3) is 0.559. The van der Waals surface area contributed by atoms with Gasteiger partial charge >= 0.3 is 42.4 Å². The van der Waals surface area contributed by atoms with Crippen LogP contribution in [-0.4, -0.2) is 127 Å². The lowest BCUT2D eigenvalue weighted by atomic mass is 9.85. The number of nitrogens with zero attached hydrogens (tertiary/aromatic N) is 5. The molecule has 0 radical (unpaired) electrons. The van der Waals surface area contributed by atoms with Gasteiger partial charge in [-0.25, -0.2) is 19.4 Å². The third kappa shape index (κ3) is 14.0. The Morgan fingerprint density at radius 3 is 1.69 bits per heavy atom. The summed E-state index contributed by atoms with van der Waals surface area (Å²) in [5.41, 5.74) is 1.75. The summed E-state index contributed by atoms with van der Waals surface area (Å²) in [6.07, 6.45) is -8.46. The Bertz CT molecular complexity index is 1930. The molecule has 0 unspecified atom stereocenters. The number of hydrogen-bond donors (Lipinski definition) is 5. The second-order valence-electron chi connectivity index (χ2n) is 13.6. The van der Waals surface area contributed by atoms with Crippen LogP contribution in [-0.2, 0) is 25.7 Å². The molecule has 58 heavy (non-hydrogen) atoms. The van der Waals surface area contributed by atoms with E-state index in [1.54, 1.807) is 0 Å². The number of alkyl halides is 9. The van der Waals surface area contributed by atoms with Gasteiger partial charge in [0.25, 0.3) is 5.56 Å². The van der Waals surface area contributed by atoms with E-state index in [0.29, 0.717) is 48.6 Å². The molecule has 3 aliphatic rings. The number of fused-ring (bicyclic) bond motifs is 3. The minimum atomic E-state index is -5.08. The largest absolute Gasteiger partial charge is 0.490 e. The zero-order valence-electron chi connectivity index (χ0n) is 30.5. The number of halogens is 9. The molecule has 2 aliphatic carbocycles. The van der Waals surface area contributed by atoms with Crippen molar-refractivity contribution >= 4 is 51.6 Å². The third-order valence-corrected chi connectivity index (χ3v) is 9.21. The quantitative estimate of drug-likeness (QED) is 0.152. The van der Waals surface area contributed by atoms with Crippen LogP contribution >= 0.6 is 0 Å². The number of likely N-dealkylation sites (N-methyl/N-ethyl adjacent to an activating group) is 1. The molecule has 0 atom stereocenters. The van der Waals surface area contributed by atoms with Gasteiger partial charge in [-0.1, -0.05) is 12.1 Å². The van der Waals surface area contributed by atoms with Crippen LogP contribution in [0.15, 0.2) is 29.2 Å². The molecule has 6 rings (SSSR count). The molecule has 322 valence electrons. The minimum Gasteiger partial charge on any atom is -0.481 e. The van der Waals surface area contributed by atoms with E-state index < -0.39 is 42.4 Å². The Kier molecular flexibility index (Phi) is 15.8. The lowest BCUT2D eigenvalue weighted by Crippen LogP contribution is -2.43. The van der Waals surface area contributed by atoms with Crippen LogP contribution in [0, 0.1) is 11.8 Å². The van der Waals surface area contributed by atoms with Gasteiger partial charge in [-0.3, -0.25) is 19.1 Å². The van der Waals surface area contributed by atoms with Gasteiger partial charge in [-0.05, 0) is 68.5 Å². The first-order chi connectivity index (χ1) is 26.8. The van der Waals surface area contributed by atoms with Gasteiger partial charge in [0, 0.05) is 62.3 Å². The average Bonchev–Trinajstić information content (AvgIpc) is 3.96. The number of pyridine rings is 1. The number of piperazine rings is 1. The second-order valence-corrected chi connectivity index (χ2v) is 13.6. The number of benzene rings is 1. The van der Waals surface area contributed by atoms with Crippen LogP contribution in [0.1, 0.15) is 50.1 Å². The molecule has 5 N–H and O–H groups in total. The van der Waals surface area contributed by atoms with Gasteiger partial charge in [0.05, 0.1) is 5.92 Å². The van der Waals surface area contributed by atoms with Gasteiger partial charge in [0.1, 0.15) is 5.65 Å². The molecule has 2 aromatic heterocycles. The topological polar surface area (TPSA) is 215 Å². The fourth-order valence-electron chi connectivity index (χ4n) is 5.90. The summed E-state index contributed by atoms with van der Waals surface area (Å²) in [6.45, 7) is 5.83. The number of nitrogens with one attached hydrogen (secondary N) is 1. The summed E-state index contributed by atoms with van der Waals surface area (Å²) >= 11 is 0. The summed E-state index contributed by atoms with van der Waals surface area (Å²) in [4.78, 5) is 66.5. The van der Waals surface area contributed by atoms with E-state index in [-0.39, 0.29) is 17.5 Å². The van der Waals surface area contributed by atoms with E-state index in [4.69, 9.17) is 34.7 Å². The zero-order chi connectivity index (χ0) is 43.7. The van der Waals surface area contributed by atoms with Crippen molar-refractivity contribution in [2.45, 2.75) is 69.6 Å². The number of carboxylic acids is 4. The van der Waals surface area contributed by atoms with Crippen molar-refractivity contribution in [3.8, 4) is 0 Å². The molecule has 0 spiro atoms. The maximum absolute atomic E-state index is 14.1. The first-order valence-corrected chi connectivity index (χ1v) is 17.4. The lowest BCUT2D eigenvalue weighted by Gasteiger charge is -2.32. The predicted molar refractivity (Wildman–Crippen MR) is 185 cm³/mol. The Morgan fingerprint density at radius 2 is 1.24 bits per heavy atom. The highest BCUT2D eigenvalue weighted by Gasteiger charge is 2.39. The molecule has 0 bridgehead atoms. The maximum atomic E-state index is 14.1. The summed E-state index contributed by atoms with van der Waals surface area (Å²) < 4.78 is 97.1. The van der Waals surface area contributed by atoms with Crippen LogP contribution in [0.3, 0.4) is 0 Å². The molecule has 3 fully saturated rings. The normalized spacial score (nSPS) is 19.1. The summed E-state index contributed by atoms with van der Waals surface area (Å²) in [6, 6.07) is 6.16. The van der Waals surface area contributed by atoms with Gasteiger partial charge in [0.15, 0.2) is 0 Å². The van der Waals surface area contributed by atoms with E-state index in [2.05, 4.69) is 39.3 Å². The number of carboxylic acid groups (broad SMARTS) is 4. The molecule has 1 saturated heterocycles. The van der Waals surface area contributed by atoms with Crippen LogP contribution in [0.25, 0.3) is 21.8 Å². The first-order valence-electron chi connectivity index (χ1n) is 17.4. The van der Waals surface area contributed by atoms with Crippen molar-refractivity contribution in [3.63, 3.8) is 0 Å². The Balaban J connectivity index is 0.000000353. The molecular formula is C34H39F9N6O9. The Hall–Kier alpha value is -5.26. The van der Waals surface area contributed by atoms with Crippen molar-refractivity contribution in [1.29, 1.82) is 0 Å². The molecule has 2 saturated carbocycles. The number of anilines is 1. The number of rotatable bonds is 7. The number of aliphatic carboxylic acids is 4. The van der Waals surface area contributed by atoms with Crippen molar-refractivity contribution in [2.75, 3.05) is 45.1 Å². The fourth-order valence-corrected chi connectivity index (χ4v) is 5.90. The number of aromatic nitrogens is 3. The van der Waals surface area contributed by atoms with Crippen molar-refractivity contribution in [3.05, 3.63) is 40.3 Å². The number of carbonyl (C=O) groups is 4.